The lowest BCUT2D eigenvalue weighted by Crippen LogP contribution is -2.42. The summed E-state index contributed by atoms with van der Waals surface area (Å²) in [5.41, 5.74) is 1.18. The molecule has 1 aromatic carbocycles. The molecule has 0 aliphatic rings. The number of hydrazine groups is 1. The number of rotatable bonds is 3. The van der Waals surface area contributed by atoms with Gasteiger partial charge in [0.15, 0.2) is 0 Å². The maximum absolute atomic E-state index is 12.2. The molecule has 0 saturated heterocycles. The molecular weight excluding hydrogens is 304 g/mol. The van der Waals surface area contributed by atoms with E-state index >= 15 is 0 Å². The Bertz CT molecular complexity index is 736. The van der Waals surface area contributed by atoms with E-state index in [0.29, 0.717) is 5.01 Å². The highest BCUT2D eigenvalue weighted by molar-refractivity contribution is 6.29. The zero-order chi connectivity index (χ0) is 16.1. The normalized spacial score (nSPS) is 9.86. The fourth-order valence-electron chi connectivity index (χ4n) is 1.73. The molecule has 0 fully saturated rings. The smallest absolute Gasteiger partial charge is 0.267 e. The topological polar surface area (TPSA) is 100 Å². The molecule has 6 nitrogen and oxygen atoms in total. The van der Waals surface area contributed by atoms with E-state index in [1.54, 1.807) is 12.1 Å². The molecule has 2 aromatic rings. The van der Waals surface area contributed by atoms with Crippen molar-refractivity contribution in [3.05, 3.63) is 64.4 Å². The summed E-state index contributed by atoms with van der Waals surface area (Å²) in [5, 5.41) is 9.35. The summed E-state index contributed by atoms with van der Waals surface area (Å²) < 4.78 is 0. The molecule has 22 heavy (non-hydrogen) atoms. The van der Waals surface area contributed by atoms with Crippen molar-refractivity contribution in [1.29, 1.82) is 5.26 Å². The summed E-state index contributed by atoms with van der Waals surface area (Å²) in [6.45, 7) is 0. The molecule has 110 valence electrons. The number of halogens is 1. The molecule has 0 unspecified atom stereocenters. The van der Waals surface area contributed by atoms with Crippen molar-refractivity contribution >= 4 is 23.4 Å². The quantitative estimate of drug-likeness (QED) is 0.307. The van der Waals surface area contributed by atoms with Crippen LogP contribution in [0.1, 0.15) is 26.3 Å². The highest BCUT2D eigenvalue weighted by Crippen LogP contribution is 2.10. The highest BCUT2D eigenvalue weighted by Gasteiger charge is 2.21. The Labute approximate surface area is 131 Å². The Kier molecular flexibility index (Phi) is 4.84. The lowest BCUT2D eigenvalue weighted by atomic mass is 10.1. The maximum Gasteiger partial charge on any atom is 0.276 e. The molecule has 7 heteroatoms. The molecular formula is C15H11ClN4O2. The number of amides is 2. The molecule has 0 bridgehead atoms. The van der Waals surface area contributed by atoms with Crippen LogP contribution in [0.4, 0.5) is 0 Å². The summed E-state index contributed by atoms with van der Waals surface area (Å²) in [5.74, 6) is 4.25. The van der Waals surface area contributed by atoms with Crippen LogP contribution in [0.2, 0.25) is 5.15 Å². The van der Waals surface area contributed by atoms with Crippen LogP contribution in [-0.4, -0.2) is 21.8 Å². The molecule has 0 saturated carbocycles. The Balaban J connectivity index is 2.16. The Morgan fingerprint density at radius 2 is 1.73 bits per heavy atom. The van der Waals surface area contributed by atoms with Crippen LogP contribution in [0.5, 0.6) is 0 Å². The van der Waals surface area contributed by atoms with E-state index in [4.69, 9.17) is 22.7 Å². The molecule has 0 radical (unpaired) electrons. The fraction of sp³-hybridized carbons (Fsp3) is 0.0667. The molecule has 0 atom stereocenters. The Hall–Kier alpha value is -2.75. The second-order valence-corrected chi connectivity index (χ2v) is 4.77. The lowest BCUT2D eigenvalue weighted by Gasteiger charge is -2.14. The van der Waals surface area contributed by atoms with Gasteiger partial charge in [0.2, 0.25) is 0 Å². The average Bonchev–Trinajstić information content (AvgIpc) is 2.54. The number of hydrogen-bond acceptors (Lipinski definition) is 5. The number of carbonyl (C=O) groups excluding carboxylic acids is 2. The molecule has 0 aliphatic heterocycles. The fourth-order valence-corrected chi connectivity index (χ4v) is 1.84. The number of carbonyl (C=O) groups is 2. The van der Waals surface area contributed by atoms with Gasteiger partial charge < -0.3 is 0 Å². The molecule has 2 amide bonds. The van der Waals surface area contributed by atoms with E-state index in [9.17, 15) is 9.59 Å². The highest BCUT2D eigenvalue weighted by atomic mass is 35.5. The predicted molar refractivity (Wildman–Crippen MR) is 79.7 cm³/mol. The number of imide groups is 1. The number of hydrogen-bond donors (Lipinski definition) is 1. The standard InChI is InChI=1S/C15H11ClN4O2/c16-13-6-5-12(9-19-13)15(22)20(18)14(21)11-3-1-10(2-4-11)7-8-17/h1-6,9H,7,18H2. The van der Waals surface area contributed by atoms with Crippen molar-refractivity contribution in [3.8, 4) is 6.07 Å². The van der Waals surface area contributed by atoms with E-state index in [2.05, 4.69) is 4.98 Å². The largest absolute Gasteiger partial charge is 0.276 e. The van der Waals surface area contributed by atoms with Gasteiger partial charge in [-0.25, -0.2) is 15.8 Å². The third-order valence-electron chi connectivity index (χ3n) is 2.90. The van der Waals surface area contributed by atoms with Gasteiger partial charge in [0.05, 0.1) is 18.1 Å². The van der Waals surface area contributed by atoms with Gasteiger partial charge in [0.1, 0.15) is 5.15 Å². The van der Waals surface area contributed by atoms with Crippen molar-refractivity contribution in [1.82, 2.24) is 9.99 Å². The van der Waals surface area contributed by atoms with E-state index in [-0.39, 0.29) is 22.7 Å². The number of nitriles is 1. The second-order valence-electron chi connectivity index (χ2n) is 4.38. The first-order valence-corrected chi connectivity index (χ1v) is 6.61. The summed E-state index contributed by atoms with van der Waals surface area (Å²) in [4.78, 5) is 28.0. The van der Waals surface area contributed by atoms with E-state index in [0.717, 1.165) is 5.56 Å². The predicted octanol–water partition coefficient (Wildman–Crippen LogP) is 1.96. The van der Waals surface area contributed by atoms with E-state index in [1.807, 2.05) is 6.07 Å². The number of nitrogens with two attached hydrogens (primary N) is 1. The average molecular weight is 315 g/mol. The minimum absolute atomic E-state index is 0.154. The summed E-state index contributed by atoms with van der Waals surface area (Å²) in [7, 11) is 0. The van der Waals surface area contributed by atoms with Crippen molar-refractivity contribution in [2.24, 2.45) is 5.84 Å². The summed E-state index contributed by atoms with van der Waals surface area (Å²) in [6, 6.07) is 11.2. The zero-order valence-corrected chi connectivity index (χ0v) is 12.1. The summed E-state index contributed by atoms with van der Waals surface area (Å²) in [6.07, 6.45) is 1.49. The number of pyridine rings is 1. The van der Waals surface area contributed by atoms with E-state index in [1.165, 1.54) is 30.5 Å². The van der Waals surface area contributed by atoms with Crippen molar-refractivity contribution in [2.45, 2.75) is 6.42 Å². The molecule has 1 heterocycles. The molecule has 2 N–H and O–H groups in total. The third kappa shape index (κ3) is 3.47. The van der Waals surface area contributed by atoms with Gasteiger partial charge in [0, 0.05) is 11.8 Å². The summed E-state index contributed by atoms with van der Waals surface area (Å²) >= 11 is 5.64. The molecule has 2 rings (SSSR count). The van der Waals surface area contributed by atoms with Crippen molar-refractivity contribution < 1.29 is 9.59 Å². The first-order chi connectivity index (χ1) is 10.5. The first-order valence-electron chi connectivity index (χ1n) is 6.24. The third-order valence-corrected chi connectivity index (χ3v) is 3.12. The van der Waals surface area contributed by atoms with Crippen molar-refractivity contribution in [3.63, 3.8) is 0 Å². The minimum atomic E-state index is -0.685. The van der Waals surface area contributed by atoms with Gasteiger partial charge >= 0.3 is 0 Å². The van der Waals surface area contributed by atoms with Crippen molar-refractivity contribution in [2.75, 3.05) is 0 Å². The number of nitrogens with zero attached hydrogens (tertiary/aromatic N) is 3. The van der Waals surface area contributed by atoms with Crippen LogP contribution in [-0.2, 0) is 6.42 Å². The SMILES string of the molecule is N#CCc1ccc(C(=O)N(N)C(=O)c2ccc(Cl)nc2)cc1. The van der Waals surface area contributed by atoms with Crippen LogP contribution in [0.15, 0.2) is 42.6 Å². The zero-order valence-electron chi connectivity index (χ0n) is 11.4. The molecule has 1 aromatic heterocycles. The van der Waals surface area contributed by atoms with Crippen LogP contribution >= 0.6 is 11.6 Å². The maximum atomic E-state index is 12.2. The Morgan fingerprint density at radius 1 is 1.14 bits per heavy atom. The van der Waals surface area contributed by atoms with Crippen LogP contribution in [0.3, 0.4) is 0 Å². The van der Waals surface area contributed by atoms with Crippen LogP contribution < -0.4 is 5.84 Å². The van der Waals surface area contributed by atoms with Gasteiger partial charge in [-0.05, 0) is 29.8 Å². The molecule has 0 aliphatic carbocycles. The second kappa shape index (κ2) is 6.80. The number of aromatic nitrogens is 1. The van der Waals surface area contributed by atoms with Gasteiger partial charge in [-0.3, -0.25) is 9.59 Å². The minimum Gasteiger partial charge on any atom is -0.267 e. The van der Waals surface area contributed by atoms with Gasteiger partial charge in [-0.15, -0.1) is 0 Å². The van der Waals surface area contributed by atoms with Crippen LogP contribution in [0.25, 0.3) is 0 Å². The van der Waals surface area contributed by atoms with Gasteiger partial charge in [0.25, 0.3) is 11.8 Å². The van der Waals surface area contributed by atoms with Crippen LogP contribution in [0, 0.1) is 11.3 Å². The van der Waals surface area contributed by atoms with Gasteiger partial charge in [-0.2, -0.15) is 5.26 Å². The monoisotopic (exact) mass is 314 g/mol. The van der Waals surface area contributed by atoms with Gasteiger partial charge in [-0.1, -0.05) is 23.7 Å². The molecule has 0 spiro atoms. The van der Waals surface area contributed by atoms with E-state index < -0.39 is 11.8 Å². The Morgan fingerprint density at radius 3 is 2.27 bits per heavy atom. The first kappa shape index (κ1) is 15.6. The lowest BCUT2D eigenvalue weighted by molar-refractivity contribution is 0.0615. The number of benzene rings is 1.